The summed E-state index contributed by atoms with van der Waals surface area (Å²) < 4.78 is 5.42. The third kappa shape index (κ3) is 3.04. The molecule has 4 bridgehead atoms. The monoisotopic (exact) mass is 416 g/mol. The molecule has 4 saturated carbocycles. The molecule has 4 aliphatic carbocycles. The second-order valence-corrected chi connectivity index (χ2v) is 9.82. The average molecular weight is 416 g/mol. The van der Waals surface area contributed by atoms with Crippen LogP contribution in [0.4, 0.5) is 11.4 Å². The maximum atomic E-state index is 12.8. The van der Waals surface area contributed by atoms with Gasteiger partial charge in [0.05, 0.1) is 10.5 Å². The number of carbonyl (C=O) groups is 1. The van der Waals surface area contributed by atoms with Crippen LogP contribution in [0.25, 0.3) is 11.0 Å². The summed E-state index contributed by atoms with van der Waals surface area (Å²) in [5, 5.41) is 14.4. The van der Waals surface area contributed by atoms with Gasteiger partial charge >= 0.3 is 0 Å². The van der Waals surface area contributed by atoms with Crippen molar-refractivity contribution in [2.45, 2.75) is 43.9 Å². The van der Waals surface area contributed by atoms with Gasteiger partial charge in [0.15, 0.2) is 0 Å². The van der Waals surface area contributed by atoms with Crippen LogP contribution < -0.4 is 5.32 Å². The summed E-state index contributed by atoms with van der Waals surface area (Å²) in [6.07, 6.45) is 9.55. The predicted octanol–water partition coefficient (Wildman–Crippen LogP) is 6.06. The van der Waals surface area contributed by atoms with Crippen LogP contribution in [-0.4, -0.2) is 10.8 Å². The first-order valence-corrected chi connectivity index (χ1v) is 11.1. The van der Waals surface area contributed by atoms with E-state index in [4.69, 9.17) is 4.42 Å². The Morgan fingerprint density at radius 3 is 2.26 bits per heavy atom. The molecule has 1 amide bonds. The zero-order chi connectivity index (χ0) is 21.2. The summed E-state index contributed by atoms with van der Waals surface area (Å²) in [5.74, 6) is 2.35. The summed E-state index contributed by atoms with van der Waals surface area (Å²) in [6, 6.07) is 12.6. The molecule has 6 heteroatoms. The number of amides is 1. The molecule has 3 aromatic rings. The van der Waals surface area contributed by atoms with Gasteiger partial charge in [-0.2, -0.15) is 0 Å². The molecule has 2 aromatic carbocycles. The third-order valence-corrected chi connectivity index (χ3v) is 7.81. The van der Waals surface area contributed by atoms with Crippen LogP contribution in [0, 0.1) is 27.9 Å². The SMILES string of the molecule is O=C(Nc1ccc(C23CC4CC(CC(C4)C2)C3)cc1)c1coc2ccc([N+](=O)[O-])cc12. The van der Waals surface area contributed by atoms with Crippen molar-refractivity contribution in [3.63, 3.8) is 0 Å². The molecule has 0 aliphatic heterocycles. The number of carbonyl (C=O) groups excluding carboxylic acids is 1. The number of fused-ring (bicyclic) bond motifs is 1. The molecule has 1 N–H and O–H groups in total. The van der Waals surface area contributed by atoms with E-state index in [0.29, 0.717) is 21.9 Å². The fourth-order valence-electron chi connectivity index (χ4n) is 6.88. The number of hydrogen-bond acceptors (Lipinski definition) is 4. The predicted molar refractivity (Wildman–Crippen MR) is 117 cm³/mol. The van der Waals surface area contributed by atoms with Gasteiger partial charge in [-0.15, -0.1) is 0 Å². The number of nitrogens with zero attached hydrogens (tertiary/aromatic N) is 1. The van der Waals surface area contributed by atoms with Gasteiger partial charge in [0.25, 0.3) is 11.6 Å². The molecule has 31 heavy (non-hydrogen) atoms. The standard InChI is InChI=1S/C25H24N2O4/c28-24(22-14-31-23-6-5-20(27(29)30)10-21(22)23)26-19-3-1-18(2-4-19)25-11-15-7-16(12-25)9-17(8-15)13-25/h1-6,10,14-17H,7-9,11-13H2,(H,26,28). The topological polar surface area (TPSA) is 85.4 Å². The molecular formula is C25H24N2O4. The Balaban J connectivity index is 1.23. The van der Waals surface area contributed by atoms with Crippen molar-refractivity contribution < 1.29 is 14.1 Å². The van der Waals surface area contributed by atoms with Gasteiger partial charge in [0.1, 0.15) is 11.8 Å². The van der Waals surface area contributed by atoms with Crippen LogP contribution in [0.3, 0.4) is 0 Å². The van der Waals surface area contributed by atoms with Crippen LogP contribution >= 0.6 is 0 Å². The van der Waals surface area contributed by atoms with Crippen LogP contribution in [0.1, 0.15) is 54.4 Å². The second kappa shape index (κ2) is 6.67. The van der Waals surface area contributed by atoms with E-state index in [0.717, 1.165) is 23.4 Å². The van der Waals surface area contributed by atoms with E-state index in [1.807, 2.05) is 12.1 Å². The number of non-ortho nitro benzene ring substituents is 1. The number of nitrogens with one attached hydrogen (secondary N) is 1. The van der Waals surface area contributed by atoms with Gasteiger partial charge in [-0.1, -0.05) is 12.1 Å². The van der Waals surface area contributed by atoms with E-state index in [1.165, 1.54) is 68.6 Å². The number of nitro benzene ring substituents is 1. The molecule has 4 fully saturated rings. The Morgan fingerprint density at radius 1 is 1.00 bits per heavy atom. The van der Waals surface area contributed by atoms with Gasteiger partial charge in [-0.25, -0.2) is 0 Å². The lowest BCUT2D eigenvalue weighted by molar-refractivity contribution is -0.384. The van der Waals surface area contributed by atoms with E-state index < -0.39 is 4.92 Å². The quantitative estimate of drug-likeness (QED) is 0.414. The molecule has 0 atom stereocenters. The minimum atomic E-state index is -0.475. The molecule has 0 unspecified atom stereocenters. The lowest BCUT2D eigenvalue weighted by atomic mass is 9.48. The maximum Gasteiger partial charge on any atom is 0.270 e. The van der Waals surface area contributed by atoms with Gasteiger partial charge in [-0.05, 0) is 85.5 Å². The van der Waals surface area contributed by atoms with Gasteiger partial charge < -0.3 is 9.73 Å². The molecule has 0 spiro atoms. The van der Waals surface area contributed by atoms with Crippen LogP contribution in [0.2, 0.25) is 0 Å². The largest absolute Gasteiger partial charge is 0.463 e. The summed E-state index contributed by atoms with van der Waals surface area (Å²) in [4.78, 5) is 23.4. The second-order valence-electron chi connectivity index (χ2n) is 9.82. The minimum Gasteiger partial charge on any atom is -0.463 e. The highest BCUT2D eigenvalue weighted by molar-refractivity contribution is 6.12. The summed E-state index contributed by atoms with van der Waals surface area (Å²) in [5.41, 5.74) is 3.14. The number of benzene rings is 2. The smallest absolute Gasteiger partial charge is 0.270 e. The number of anilines is 1. The fourth-order valence-corrected chi connectivity index (χ4v) is 6.88. The van der Waals surface area contributed by atoms with E-state index in [9.17, 15) is 14.9 Å². The molecule has 7 rings (SSSR count). The minimum absolute atomic E-state index is 0.0668. The zero-order valence-corrected chi connectivity index (χ0v) is 17.2. The Morgan fingerprint density at radius 2 is 1.65 bits per heavy atom. The van der Waals surface area contributed by atoms with Crippen molar-refractivity contribution in [3.8, 4) is 0 Å². The zero-order valence-electron chi connectivity index (χ0n) is 17.2. The highest BCUT2D eigenvalue weighted by Gasteiger charge is 2.51. The number of furan rings is 1. The van der Waals surface area contributed by atoms with E-state index >= 15 is 0 Å². The lowest BCUT2D eigenvalue weighted by Crippen LogP contribution is -2.48. The normalized spacial score (nSPS) is 28.7. The van der Waals surface area contributed by atoms with Crippen molar-refractivity contribution >= 4 is 28.3 Å². The first-order valence-electron chi connectivity index (χ1n) is 11.1. The van der Waals surface area contributed by atoms with Crippen molar-refractivity contribution in [2.24, 2.45) is 17.8 Å². The van der Waals surface area contributed by atoms with Crippen LogP contribution in [-0.2, 0) is 5.41 Å². The Bertz CT molecular complexity index is 1160. The molecule has 0 radical (unpaired) electrons. The Hall–Kier alpha value is -3.15. The first kappa shape index (κ1) is 18.6. The molecule has 0 saturated heterocycles. The number of nitro groups is 1. The number of rotatable bonds is 4. The molecule has 4 aliphatic rings. The maximum absolute atomic E-state index is 12.8. The van der Waals surface area contributed by atoms with Crippen LogP contribution in [0.5, 0.6) is 0 Å². The number of hydrogen-bond donors (Lipinski definition) is 1. The van der Waals surface area contributed by atoms with E-state index in [1.54, 1.807) is 0 Å². The summed E-state index contributed by atoms with van der Waals surface area (Å²) in [6.45, 7) is 0. The van der Waals surface area contributed by atoms with Crippen LogP contribution in [0.15, 0.2) is 53.1 Å². The van der Waals surface area contributed by atoms with Gasteiger partial charge in [0, 0.05) is 23.2 Å². The molecule has 1 aromatic heterocycles. The fraction of sp³-hybridized carbons (Fsp3) is 0.400. The van der Waals surface area contributed by atoms with Crippen molar-refractivity contribution in [3.05, 3.63) is 70.0 Å². The highest BCUT2D eigenvalue weighted by Crippen LogP contribution is 2.60. The molecule has 1 heterocycles. The third-order valence-electron chi connectivity index (χ3n) is 7.81. The molecule has 158 valence electrons. The van der Waals surface area contributed by atoms with Crippen molar-refractivity contribution in [2.75, 3.05) is 5.32 Å². The summed E-state index contributed by atoms with van der Waals surface area (Å²) in [7, 11) is 0. The molecule has 6 nitrogen and oxygen atoms in total. The average Bonchev–Trinajstić information content (AvgIpc) is 3.16. The van der Waals surface area contributed by atoms with Crippen molar-refractivity contribution in [1.29, 1.82) is 0 Å². The first-order chi connectivity index (χ1) is 15.0. The van der Waals surface area contributed by atoms with E-state index in [2.05, 4.69) is 17.4 Å². The summed E-state index contributed by atoms with van der Waals surface area (Å²) >= 11 is 0. The highest BCUT2D eigenvalue weighted by atomic mass is 16.6. The van der Waals surface area contributed by atoms with Crippen molar-refractivity contribution in [1.82, 2.24) is 0 Å². The molecular weight excluding hydrogens is 392 g/mol. The Labute approximate surface area is 179 Å². The lowest BCUT2D eigenvalue weighted by Gasteiger charge is -2.57. The van der Waals surface area contributed by atoms with Gasteiger partial charge in [-0.3, -0.25) is 14.9 Å². The Kier molecular flexibility index (Phi) is 4.01. The van der Waals surface area contributed by atoms with E-state index in [-0.39, 0.29) is 11.6 Å². The van der Waals surface area contributed by atoms with Gasteiger partial charge in [0.2, 0.25) is 0 Å².